The molecule has 0 heterocycles. The molecule has 0 spiro atoms. The summed E-state index contributed by atoms with van der Waals surface area (Å²) in [6.45, 7) is 8.46. The number of allylic oxidation sites excluding steroid dienone is 4. The highest BCUT2D eigenvalue weighted by atomic mass is 16.3. The fraction of sp³-hybridized carbons (Fsp3) is 0.733. The molecule has 0 aromatic heterocycles. The Hall–Kier alpha value is -0.760. The summed E-state index contributed by atoms with van der Waals surface area (Å²) in [7, 11) is 0. The van der Waals surface area contributed by atoms with Gasteiger partial charge in [-0.2, -0.15) is 0 Å². The van der Waals surface area contributed by atoms with E-state index in [2.05, 4.69) is 19.9 Å². The maximum Gasteiger partial charge on any atom is 0.0912 e. The van der Waals surface area contributed by atoms with Crippen LogP contribution in [0.4, 0.5) is 0 Å². The van der Waals surface area contributed by atoms with Gasteiger partial charge in [-0.3, -0.25) is 0 Å². The average molecular weight is 240 g/mol. The highest BCUT2D eigenvalue weighted by Crippen LogP contribution is 2.15. The Balaban J connectivity index is 3.83. The van der Waals surface area contributed by atoms with Crippen LogP contribution in [0, 0.1) is 5.92 Å². The predicted molar refractivity (Wildman–Crippen MR) is 74.1 cm³/mol. The van der Waals surface area contributed by atoms with Crippen molar-refractivity contribution in [1.82, 2.24) is 0 Å². The van der Waals surface area contributed by atoms with Gasteiger partial charge in [-0.1, -0.05) is 18.6 Å². The molecule has 0 amide bonds. The molecule has 0 aromatic rings. The Kier molecular flexibility index (Phi) is 8.87. The van der Waals surface area contributed by atoms with Crippen LogP contribution in [0.1, 0.15) is 59.8 Å². The molecule has 0 aliphatic rings. The van der Waals surface area contributed by atoms with Crippen LogP contribution in [0.5, 0.6) is 0 Å². The number of hydrogen-bond acceptors (Lipinski definition) is 2. The summed E-state index contributed by atoms with van der Waals surface area (Å²) in [4.78, 5) is 0. The Bertz CT molecular complexity index is 260. The van der Waals surface area contributed by atoms with E-state index >= 15 is 0 Å². The van der Waals surface area contributed by atoms with E-state index in [1.54, 1.807) is 0 Å². The first kappa shape index (κ1) is 16.2. The van der Waals surface area contributed by atoms with Crippen molar-refractivity contribution in [3.8, 4) is 0 Å². The zero-order valence-electron chi connectivity index (χ0n) is 11.8. The van der Waals surface area contributed by atoms with Crippen molar-refractivity contribution in [2.24, 2.45) is 5.92 Å². The summed E-state index contributed by atoms with van der Waals surface area (Å²) >= 11 is 0. The number of aliphatic hydroxyl groups is 2. The zero-order chi connectivity index (χ0) is 13.3. The molecule has 0 rings (SSSR count). The molecule has 1 atom stereocenters. The van der Waals surface area contributed by atoms with E-state index in [4.69, 9.17) is 5.11 Å². The van der Waals surface area contributed by atoms with Crippen LogP contribution in [-0.2, 0) is 0 Å². The van der Waals surface area contributed by atoms with Gasteiger partial charge in [-0.15, -0.1) is 0 Å². The highest BCUT2D eigenvalue weighted by molar-refractivity contribution is 5.06. The van der Waals surface area contributed by atoms with E-state index in [1.165, 1.54) is 5.57 Å². The molecule has 0 saturated heterocycles. The molecule has 0 aromatic carbocycles. The lowest BCUT2D eigenvalue weighted by Crippen LogP contribution is -1.97. The fourth-order valence-electron chi connectivity index (χ4n) is 1.65. The van der Waals surface area contributed by atoms with Gasteiger partial charge in [-0.25, -0.2) is 0 Å². The van der Waals surface area contributed by atoms with Gasteiger partial charge in [0, 0.05) is 13.0 Å². The summed E-state index contributed by atoms with van der Waals surface area (Å²) < 4.78 is 0. The molecule has 2 heteroatoms. The number of hydrogen-bond donors (Lipinski definition) is 2. The summed E-state index contributed by atoms with van der Waals surface area (Å²) in [5.74, 6) is 1.11. The molecule has 17 heavy (non-hydrogen) atoms. The molecule has 100 valence electrons. The van der Waals surface area contributed by atoms with Gasteiger partial charge in [-0.05, 0) is 57.9 Å². The van der Waals surface area contributed by atoms with Crippen LogP contribution in [0.3, 0.4) is 0 Å². The Morgan fingerprint density at radius 3 is 2.29 bits per heavy atom. The predicted octanol–water partition coefficient (Wildman–Crippen LogP) is 4.36. The second-order valence-corrected chi connectivity index (χ2v) is 5.19. The van der Waals surface area contributed by atoms with Crippen LogP contribution >= 0.6 is 0 Å². The summed E-state index contributed by atoms with van der Waals surface area (Å²) in [5, 5.41) is 18.4. The largest absolute Gasteiger partial charge is 0.512 e. The quantitative estimate of drug-likeness (QED) is 0.489. The lowest BCUT2D eigenvalue weighted by Gasteiger charge is -2.08. The van der Waals surface area contributed by atoms with E-state index in [1.807, 2.05) is 13.8 Å². The van der Waals surface area contributed by atoms with Gasteiger partial charge in [0.15, 0.2) is 0 Å². The minimum atomic E-state index is 0.290. The third kappa shape index (κ3) is 8.99. The second-order valence-electron chi connectivity index (χ2n) is 5.19. The van der Waals surface area contributed by atoms with Gasteiger partial charge in [0.1, 0.15) is 0 Å². The average Bonchev–Trinajstić information content (AvgIpc) is 2.26. The Labute approximate surface area is 106 Å². The number of rotatable bonds is 8. The van der Waals surface area contributed by atoms with Crippen LogP contribution in [0.25, 0.3) is 0 Å². The fourth-order valence-corrected chi connectivity index (χ4v) is 1.65. The first-order valence-electron chi connectivity index (χ1n) is 6.59. The van der Waals surface area contributed by atoms with E-state index in [-0.39, 0.29) is 6.61 Å². The van der Waals surface area contributed by atoms with E-state index < -0.39 is 0 Å². The van der Waals surface area contributed by atoms with Crippen LogP contribution in [-0.4, -0.2) is 16.8 Å². The molecule has 0 bridgehead atoms. The number of aliphatic hydroxyl groups excluding tert-OH is 2. The van der Waals surface area contributed by atoms with Crippen molar-refractivity contribution < 1.29 is 10.2 Å². The van der Waals surface area contributed by atoms with Gasteiger partial charge in [0.05, 0.1) is 5.76 Å². The van der Waals surface area contributed by atoms with Gasteiger partial charge >= 0.3 is 0 Å². The molecule has 0 aliphatic carbocycles. The van der Waals surface area contributed by atoms with Crippen molar-refractivity contribution in [2.75, 3.05) is 6.61 Å². The normalized spacial score (nSPS) is 13.6. The third-order valence-corrected chi connectivity index (χ3v) is 3.11. The molecular formula is C15H28O2. The molecular weight excluding hydrogens is 212 g/mol. The third-order valence-electron chi connectivity index (χ3n) is 3.11. The molecule has 0 aliphatic heterocycles. The minimum Gasteiger partial charge on any atom is -0.512 e. The summed E-state index contributed by atoms with van der Waals surface area (Å²) in [6.07, 6.45) is 7.04. The first-order chi connectivity index (χ1) is 7.97. The van der Waals surface area contributed by atoms with Crippen LogP contribution in [0.15, 0.2) is 23.0 Å². The molecule has 0 saturated carbocycles. The lowest BCUT2D eigenvalue weighted by molar-refractivity contribution is 0.259. The molecule has 0 radical (unpaired) electrons. The Morgan fingerprint density at radius 2 is 1.76 bits per heavy atom. The first-order valence-corrected chi connectivity index (χ1v) is 6.59. The SMILES string of the molecule is CC(=CCCC(C)CCO)CCC(O)=C(C)C. The van der Waals surface area contributed by atoms with Crippen molar-refractivity contribution >= 4 is 0 Å². The van der Waals surface area contributed by atoms with E-state index in [9.17, 15) is 5.11 Å². The lowest BCUT2D eigenvalue weighted by atomic mass is 10.0. The topological polar surface area (TPSA) is 40.5 Å². The molecule has 1 unspecified atom stereocenters. The monoisotopic (exact) mass is 240 g/mol. The highest BCUT2D eigenvalue weighted by Gasteiger charge is 2.00. The van der Waals surface area contributed by atoms with E-state index in [0.717, 1.165) is 37.7 Å². The van der Waals surface area contributed by atoms with Crippen LogP contribution < -0.4 is 0 Å². The van der Waals surface area contributed by atoms with Crippen molar-refractivity contribution in [3.05, 3.63) is 23.0 Å². The molecule has 2 N–H and O–H groups in total. The van der Waals surface area contributed by atoms with Crippen LogP contribution in [0.2, 0.25) is 0 Å². The summed E-state index contributed by atoms with van der Waals surface area (Å²) in [5.41, 5.74) is 2.35. The van der Waals surface area contributed by atoms with Gasteiger partial charge < -0.3 is 10.2 Å². The Morgan fingerprint density at radius 1 is 1.12 bits per heavy atom. The van der Waals surface area contributed by atoms with Gasteiger partial charge in [0.2, 0.25) is 0 Å². The van der Waals surface area contributed by atoms with Crippen molar-refractivity contribution in [2.45, 2.75) is 59.8 Å². The smallest absolute Gasteiger partial charge is 0.0912 e. The maximum absolute atomic E-state index is 9.58. The van der Waals surface area contributed by atoms with Gasteiger partial charge in [0.25, 0.3) is 0 Å². The maximum atomic E-state index is 9.58. The summed E-state index contributed by atoms with van der Waals surface area (Å²) in [6, 6.07) is 0. The van der Waals surface area contributed by atoms with E-state index in [0.29, 0.717) is 11.7 Å². The standard InChI is InChI=1S/C15H28O2/c1-12(2)15(17)9-8-13(3)6-5-7-14(4)10-11-16/h6,14,16-17H,5,7-11H2,1-4H3. The second kappa shape index (κ2) is 9.29. The minimum absolute atomic E-state index is 0.290. The zero-order valence-corrected chi connectivity index (χ0v) is 11.8. The van der Waals surface area contributed by atoms with Crippen molar-refractivity contribution in [1.29, 1.82) is 0 Å². The van der Waals surface area contributed by atoms with Crippen molar-refractivity contribution in [3.63, 3.8) is 0 Å². The molecule has 0 fully saturated rings. The molecule has 2 nitrogen and oxygen atoms in total.